The Bertz CT molecular complexity index is 396. The van der Waals surface area contributed by atoms with Crippen LogP contribution in [0.3, 0.4) is 0 Å². The van der Waals surface area contributed by atoms with E-state index in [1.165, 1.54) is 6.21 Å². The average molecular weight is 174 g/mol. The Labute approximate surface area is 74.6 Å². The third-order valence-corrected chi connectivity index (χ3v) is 1.58. The number of ether oxygens (including phenoxy) is 1. The molecule has 2 rings (SSSR count). The third kappa shape index (κ3) is 1.61. The largest absolute Gasteiger partial charge is 0.445 e. The maximum absolute atomic E-state index is 10.8. The highest BCUT2D eigenvalue weighted by Gasteiger charge is 2.02. The highest BCUT2D eigenvalue weighted by molar-refractivity contribution is 5.96. The molecule has 0 bridgehead atoms. The van der Waals surface area contributed by atoms with E-state index in [-0.39, 0.29) is 0 Å². The first-order valence-electron chi connectivity index (χ1n) is 3.72. The minimum atomic E-state index is -0.561. The van der Waals surface area contributed by atoms with Gasteiger partial charge in [-0.1, -0.05) is 12.1 Å². The standard InChI is InChI=1S/C9H6N2O2/c12-9-10-5-7-3-1-2-4-8(7)13-6-11-9/h1-6H/b10-5-,11-6-. The fourth-order valence-electron chi connectivity index (χ4n) is 0.981. The molecule has 4 heteroatoms. The average Bonchev–Trinajstić information content (AvgIpc) is 2.13. The van der Waals surface area contributed by atoms with Gasteiger partial charge in [0.15, 0.2) is 6.40 Å². The second-order valence-electron chi connectivity index (χ2n) is 2.43. The van der Waals surface area contributed by atoms with E-state index in [2.05, 4.69) is 9.98 Å². The summed E-state index contributed by atoms with van der Waals surface area (Å²) in [7, 11) is 0. The zero-order chi connectivity index (χ0) is 9.10. The Hall–Kier alpha value is -1.97. The van der Waals surface area contributed by atoms with Gasteiger partial charge in [0, 0.05) is 11.8 Å². The molecule has 0 radical (unpaired) electrons. The van der Waals surface area contributed by atoms with Crippen LogP contribution in [0.25, 0.3) is 0 Å². The van der Waals surface area contributed by atoms with Crippen LogP contribution in [0.15, 0.2) is 34.3 Å². The van der Waals surface area contributed by atoms with Gasteiger partial charge in [-0.3, -0.25) is 0 Å². The monoisotopic (exact) mass is 174 g/mol. The van der Waals surface area contributed by atoms with Crippen LogP contribution in [-0.2, 0) is 0 Å². The number of para-hydroxylation sites is 1. The lowest BCUT2D eigenvalue weighted by Gasteiger charge is -2.03. The molecule has 0 atom stereocenters. The number of aliphatic imine (C=N–C) groups is 2. The number of amides is 2. The summed E-state index contributed by atoms with van der Waals surface area (Å²) in [5, 5.41) is 0. The molecule has 0 aromatic heterocycles. The normalized spacial score (nSPS) is 19.2. The van der Waals surface area contributed by atoms with Crippen LogP contribution in [0.4, 0.5) is 4.79 Å². The van der Waals surface area contributed by atoms with Crippen LogP contribution in [0, 0.1) is 0 Å². The maximum atomic E-state index is 10.8. The number of fused-ring (bicyclic) bond motifs is 1. The molecule has 1 aromatic carbocycles. The minimum Gasteiger partial charge on any atom is -0.445 e. The van der Waals surface area contributed by atoms with Crippen molar-refractivity contribution in [1.29, 1.82) is 0 Å². The van der Waals surface area contributed by atoms with Gasteiger partial charge in [0.2, 0.25) is 0 Å². The van der Waals surface area contributed by atoms with E-state index >= 15 is 0 Å². The molecule has 0 saturated heterocycles. The Morgan fingerprint density at radius 3 is 2.92 bits per heavy atom. The molecule has 0 unspecified atom stereocenters. The van der Waals surface area contributed by atoms with E-state index in [4.69, 9.17) is 4.74 Å². The van der Waals surface area contributed by atoms with E-state index in [9.17, 15) is 4.79 Å². The van der Waals surface area contributed by atoms with Crippen molar-refractivity contribution >= 4 is 18.6 Å². The van der Waals surface area contributed by atoms with Gasteiger partial charge in [-0.2, -0.15) is 9.98 Å². The fourth-order valence-corrected chi connectivity index (χ4v) is 0.981. The molecule has 1 aliphatic heterocycles. The maximum Gasteiger partial charge on any atom is 0.369 e. The Balaban J connectivity index is 2.47. The molecule has 0 spiro atoms. The molecule has 4 nitrogen and oxygen atoms in total. The first-order valence-corrected chi connectivity index (χ1v) is 3.72. The lowest BCUT2D eigenvalue weighted by atomic mass is 10.2. The summed E-state index contributed by atoms with van der Waals surface area (Å²) in [4.78, 5) is 17.8. The second-order valence-corrected chi connectivity index (χ2v) is 2.43. The van der Waals surface area contributed by atoms with Gasteiger partial charge in [0.25, 0.3) is 0 Å². The first-order chi connectivity index (χ1) is 6.36. The Morgan fingerprint density at radius 1 is 1.15 bits per heavy atom. The molecular formula is C9H6N2O2. The number of urea groups is 1. The number of hydrogen-bond donors (Lipinski definition) is 0. The van der Waals surface area contributed by atoms with Crippen molar-refractivity contribution in [3.63, 3.8) is 0 Å². The van der Waals surface area contributed by atoms with Gasteiger partial charge in [0.05, 0.1) is 0 Å². The lowest BCUT2D eigenvalue weighted by Crippen LogP contribution is -2.00. The number of nitrogens with zero attached hydrogens (tertiary/aromatic N) is 2. The molecule has 0 aliphatic carbocycles. The number of hydrogen-bond acceptors (Lipinski definition) is 2. The van der Waals surface area contributed by atoms with Gasteiger partial charge < -0.3 is 4.74 Å². The van der Waals surface area contributed by atoms with Crippen molar-refractivity contribution < 1.29 is 9.53 Å². The lowest BCUT2D eigenvalue weighted by molar-refractivity contribution is 0.257. The van der Waals surface area contributed by atoms with Crippen LogP contribution in [0.2, 0.25) is 0 Å². The van der Waals surface area contributed by atoms with Crippen molar-refractivity contribution in [1.82, 2.24) is 0 Å². The second kappa shape index (κ2) is 3.18. The van der Waals surface area contributed by atoms with E-state index in [1.807, 2.05) is 18.2 Å². The Morgan fingerprint density at radius 2 is 2.00 bits per heavy atom. The van der Waals surface area contributed by atoms with Crippen LogP contribution >= 0.6 is 0 Å². The van der Waals surface area contributed by atoms with Crippen LogP contribution in [0.1, 0.15) is 5.56 Å². The molecular weight excluding hydrogens is 168 g/mol. The summed E-state index contributed by atoms with van der Waals surface area (Å²) < 4.78 is 5.10. The van der Waals surface area contributed by atoms with E-state index in [1.54, 1.807) is 6.07 Å². The van der Waals surface area contributed by atoms with Crippen molar-refractivity contribution in [3.8, 4) is 5.75 Å². The highest BCUT2D eigenvalue weighted by Crippen LogP contribution is 2.15. The van der Waals surface area contributed by atoms with Crippen LogP contribution in [0.5, 0.6) is 5.75 Å². The summed E-state index contributed by atoms with van der Waals surface area (Å²) in [6.07, 6.45) is 2.53. The van der Waals surface area contributed by atoms with Gasteiger partial charge >= 0.3 is 6.03 Å². The number of carbonyl (C=O) groups excluding carboxylic acids is 1. The molecule has 1 aromatic rings. The summed E-state index contributed by atoms with van der Waals surface area (Å²) in [5.74, 6) is 0.641. The molecule has 0 saturated carbocycles. The van der Waals surface area contributed by atoms with Crippen LogP contribution in [-0.4, -0.2) is 18.6 Å². The van der Waals surface area contributed by atoms with E-state index in [0.717, 1.165) is 12.0 Å². The van der Waals surface area contributed by atoms with Crippen molar-refractivity contribution in [2.24, 2.45) is 9.98 Å². The fraction of sp³-hybridized carbons (Fsp3) is 0. The van der Waals surface area contributed by atoms with E-state index < -0.39 is 6.03 Å². The molecule has 0 fully saturated rings. The summed E-state index contributed by atoms with van der Waals surface area (Å²) in [6, 6.07) is 6.71. The molecule has 13 heavy (non-hydrogen) atoms. The highest BCUT2D eigenvalue weighted by atomic mass is 16.5. The third-order valence-electron chi connectivity index (χ3n) is 1.58. The summed E-state index contributed by atoms with van der Waals surface area (Å²) in [5.41, 5.74) is 0.766. The first kappa shape index (κ1) is 7.67. The van der Waals surface area contributed by atoms with Gasteiger partial charge in [-0.25, -0.2) is 4.79 Å². The van der Waals surface area contributed by atoms with Gasteiger partial charge in [0.1, 0.15) is 5.75 Å². The number of carbonyl (C=O) groups is 1. The predicted octanol–water partition coefficient (Wildman–Crippen LogP) is 1.65. The zero-order valence-corrected chi connectivity index (χ0v) is 6.68. The smallest absolute Gasteiger partial charge is 0.369 e. The van der Waals surface area contributed by atoms with Crippen molar-refractivity contribution in [2.45, 2.75) is 0 Å². The van der Waals surface area contributed by atoms with Crippen LogP contribution < -0.4 is 4.74 Å². The molecule has 0 N–H and O–H groups in total. The molecule has 1 heterocycles. The Kier molecular flexibility index (Phi) is 1.88. The molecule has 2 amide bonds. The summed E-state index contributed by atoms with van der Waals surface area (Å²) >= 11 is 0. The van der Waals surface area contributed by atoms with Crippen molar-refractivity contribution in [3.05, 3.63) is 29.8 Å². The zero-order valence-electron chi connectivity index (χ0n) is 6.68. The molecule has 1 aliphatic rings. The van der Waals surface area contributed by atoms with Gasteiger partial charge in [-0.15, -0.1) is 0 Å². The number of benzene rings is 1. The predicted molar refractivity (Wildman–Crippen MR) is 48.6 cm³/mol. The van der Waals surface area contributed by atoms with E-state index in [0.29, 0.717) is 5.75 Å². The SMILES string of the molecule is O=C1/N=C\Oc2ccccc2/C=N\1. The topological polar surface area (TPSA) is 51.0 Å². The molecule has 64 valence electrons. The minimum absolute atomic E-state index is 0.561. The quantitative estimate of drug-likeness (QED) is 0.600. The summed E-state index contributed by atoms with van der Waals surface area (Å²) in [6.45, 7) is 0. The van der Waals surface area contributed by atoms with Gasteiger partial charge in [-0.05, 0) is 12.1 Å². The number of rotatable bonds is 0. The van der Waals surface area contributed by atoms with Crippen molar-refractivity contribution in [2.75, 3.05) is 0 Å².